The first-order chi connectivity index (χ1) is 8.74. The molecule has 3 rings (SSSR count). The van der Waals surface area contributed by atoms with Crippen molar-refractivity contribution in [1.29, 1.82) is 0 Å². The lowest BCUT2D eigenvalue weighted by atomic mass is 10.1. The highest BCUT2D eigenvalue weighted by atomic mass is 35.5. The molecule has 1 aliphatic heterocycles. The molecule has 1 aliphatic rings. The first-order valence-corrected chi connectivity index (χ1v) is 6.16. The van der Waals surface area contributed by atoms with Crippen LogP contribution in [0, 0.1) is 0 Å². The molecule has 92 valence electrons. The molecule has 1 aromatic carbocycles. The van der Waals surface area contributed by atoms with Crippen molar-refractivity contribution in [3.63, 3.8) is 0 Å². The molecule has 0 fully saturated rings. The van der Waals surface area contributed by atoms with E-state index in [0.717, 1.165) is 11.3 Å². The maximum atomic E-state index is 6.01. The number of fused-ring (bicyclic) bond motifs is 1. The van der Waals surface area contributed by atoms with Gasteiger partial charge in [-0.15, -0.1) is 0 Å². The molecule has 0 aliphatic carbocycles. The first kappa shape index (κ1) is 11.6. The van der Waals surface area contributed by atoms with E-state index in [4.69, 9.17) is 27.9 Å². The number of nitrogens with zero attached hydrogens (tertiary/aromatic N) is 2. The van der Waals surface area contributed by atoms with Crippen LogP contribution in [0.2, 0.25) is 10.3 Å². The van der Waals surface area contributed by atoms with Crippen LogP contribution in [-0.4, -0.2) is 16.6 Å². The van der Waals surface area contributed by atoms with E-state index in [-0.39, 0.29) is 11.3 Å². The van der Waals surface area contributed by atoms with Gasteiger partial charge in [-0.2, -0.15) is 4.98 Å². The van der Waals surface area contributed by atoms with Gasteiger partial charge in [0.05, 0.1) is 12.2 Å². The van der Waals surface area contributed by atoms with Crippen LogP contribution in [0.5, 0.6) is 5.75 Å². The van der Waals surface area contributed by atoms with Gasteiger partial charge < -0.3 is 10.1 Å². The van der Waals surface area contributed by atoms with Crippen LogP contribution in [0.4, 0.5) is 5.82 Å². The lowest BCUT2D eigenvalue weighted by Gasteiger charge is -2.13. The Morgan fingerprint density at radius 3 is 3.00 bits per heavy atom. The fourth-order valence-corrected chi connectivity index (χ4v) is 2.17. The van der Waals surface area contributed by atoms with Gasteiger partial charge in [0.15, 0.2) is 0 Å². The molecule has 0 saturated heterocycles. The van der Waals surface area contributed by atoms with Crippen molar-refractivity contribution in [3.05, 3.63) is 46.3 Å². The van der Waals surface area contributed by atoms with Crippen molar-refractivity contribution in [1.82, 2.24) is 9.97 Å². The molecule has 1 N–H and O–H groups in total. The van der Waals surface area contributed by atoms with Gasteiger partial charge in [0, 0.05) is 5.56 Å². The molecular formula is C12H9Cl2N3O. The molecule has 2 aromatic rings. The Kier molecular flexibility index (Phi) is 2.97. The second kappa shape index (κ2) is 4.63. The number of ether oxygens (including phenoxy) is 1. The van der Waals surface area contributed by atoms with Gasteiger partial charge >= 0.3 is 0 Å². The normalized spacial score (nSPS) is 17.1. The Bertz CT molecular complexity index is 591. The summed E-state index contributed by atoms with van der Waals surface area (Å²) in [6.07, 6.45) is 1.47. The van der Waals surface area contributed by atoms with E-state index in [1.54, 1.807) is 0 Å². The van der Waals surface area contributed by atoms with E-state index < -0.39 is 0 Å². The molecule has 18 heavy (non-hydrogen) atoms. The third kappa shape index (κ3) is 2.09. The van der Waals surface area contributed by atoms with Crippen LogP contribution in [0.25, 0.3) is 0 Å². The van der Waals surface area contributed by atoms with E-state index in [0.29, 0.717) is 17.4 Å². The van der Waals surface area contributed by atoms with E-state index in [2.05, 4.69) is 15.3 Å². The molecule has 0 spiro atoms. The Hall–Kier alpha value is -1.52. The van der Waals surface area contributed by atoms with Crippen molar-refractivity contribution in [2.24, 2.45) is 0 Å². The Morgan fingerprint density at radius 1 is 1.28 bits per heavy atom. The second-order valence-electron chi connectivity index (χ2n) is 3.88. The van der Waals surface area contributed by atoms with E-state index in [1.165, 1.54) is 6.20 Å². The van der Waals surface area contributed by atoms with Gasteiger partial charge in [-0.3, -0.25) is 0 Å². The summed E-state index contributed by atoms with van der Waals surface area (Å²) in [5, 5.41) is 3.81. The summed E-state index contributed by atoms with van der Waals surface area (Å²) >= 11 is 11.8. The smallest absolute Gasteiger partial charge is 0.224 e. The van der Waals surface area contributed by atoms with Crippen LogP contribution in [0.15, 0.2) is 30.5 Å². The van der Waals surface area contributed by atoms with E-state index in [1.807, 2.05) is 24.3 Å². The summed E-state index contributed by atoms with van der Waals surface area (Å²) in [6.45, 7) is 0.539. The topological polar surface area (TPSA) is 47.0 Å². The molecule has 1 atom stereocenters. The number of rotatable bonds is 2. The molecular weight excluding hydrogens is 273 g/mol. The highest BCUT2D eigenvalue weighted by molar-refractivity contribution is 6.33. The summed E-state index contributed by atoms with van der Waals surface area (Å²) in [5.74, 6) is 1.40. The number of halogens is 2. The number of hydrogen-bond donors (Lipinski definition) is 1. The standard InChI is InChI=1S/C12H9Cl2N3O/c13-8-5-15-12(14)17-11(8)16-9-6-18-10-4-2-1-3-7(9)10/h1-5,9H,6H2,(H,15,16,17). The van der Waals surface area contributed by atoms with Crippen LogP contribution in [0.3, 0.4) is 0 Å². The largest absolute Gasteiger partial charge is 0.491 e. The monoisotopic (exact) mass is 281 g/mol. The van der Waals surface area contributed by atoms with Crippen LogP contribution in [0.1, 0.15) is 11.6 Å². The lowest BCUT2D eigenvalue weighted by molar-refractivity contribution is 0.339. The number of anilines is 1. The zero-order valence-corrected chi connectivity index (χ0v) is 10.7. The fraction of sp³-hybridized carbons (Fsp3) is 0.167. The van der Waals surface area contributed by atoms with Gasteiger partial charge in [-0.05, 0) is 17.7 Å². The predicted molar refractivity (Wildman–Crippen MR) is 70.4 cm³/mol. The Labute approximate surface area is 114 Å². The summed E-state index contributed by atoms with van der Waals surface area (Å²) in [4.78, 5) is 7.87. The van der Waals surface area contributed by atoms with Crippen molar-refractivity contribution in [2.45, 2.75) is 6.04 Å². The van der Waals surface area contributed by atoms with Crippen molar-refractivity contribution >= 4 is 29.0 Å². The van der Waals surface area contributed by atoms with Crippen LogP contribution < -0.4 is 10.1 Å². The fourth-order valence-electron chi connectivity index (χ4n) is 1.89. The first-order valence-electron chi connectivity index (χ1n) is 5.40. The van der Waals surface area contributed by atoms with E-state index >= 15 is 0 Å². The summed E-state index contributed by atoms with van der Waals surface area (Å²) in [5.41, 5.74) is 1.09. The van der Waals surface area contributed by atoms with Gasteiger partial charge in [0.2, 0.25) is 5.28 Å². The molecule has 0 radical (unpaired) electrons. The quantitative estimate of drug-likeness (QED) is 0.858. The lowest BCUT2D eigenvalue weighted by Crippen LogP contribution is -2.13. The molecule has 1 unspecified atom stereocenters. The third-order valence-corrected chi connectivity index (χ3v) is 3.18. The molecule has 1 aromatic heterocycles. The summed E-state index contributed by atoms with van der Waals surface area (Å²) < 4.78 is 5.57. The summed E-state index contributed by atoms with van der Waals surface area (Å²) in [6, 6.07) is 7.87. The van der Waals surface area contributed by atoms with Crippen molar-refractivity contribution in [3.8, 4) is 5.75 Å². The van der Waals surface area contributed by atoms with Crippen molar-refractivity contribution < 1.29 is 4.74 Å². The second-order valence-corrected chi connectivity index (χ2v) is 4.63. The van der Waals surface area contributed by atoms with Gasteiger partial charge in [0.1, 0.15) is 23.2 Å². The SMILES string of the molecule is Clc1ncc(Cl)c(NC2COc3ccccc32)n1. The zero-order valence-electron chi connectivity index (χ0n) is 9.23. The number of para-hydroxylation sites is 1. The van der Waals surface area contributed by atoms with Crippen molar-refractivity contribution in [2.75, 3.05) is 11.9 Å². The van der Waals surface area contributed by atoms with Crippen LogP contribution >= 0.6 is 23.2 Å². The van der Waals surface area contributed by atoms with Gasteiger partial charge in [0.25, 0.3) is 0 Å². The number of benzene rings is 1. The highest BCUT2D eigenvalue weighted by Gasteiger charge is 2.24. The average Bonchev–Trinajstić information content (AvgIpc) is 2.78. The predicted octanol–water partition coefficient (Wildman–Crippen LogP) is 3.33. The maximum absolute atomic E-state index is 6.01. The molecule has 4 nitrogen and oxygen atoms in total. The maximum Gasteiger partial charge on any atom is 0.224 e. The summed E-state index contributed by atoms with van der Waals surface area (Å²) in [7, 11) is 0. The molecule has 6 heteroatoms. The molecule has 0 saturated carbocycles. The number of aromatic nitrogens is 2. The number of nitrogens with one attached hydrogen (secondary N) is 1. The minimum Gasteiger partial charge on any atom is -0.491 e. The Morgan fingerprint density at radius 2 is 2.11 bits per heavy atom. The zero-order chi connectivity index (χ0) is 12.5. The minimum absolute atomic E-state index is 0.0182. The van der Waals surface area contributed by atoms with Gasteiger partial charge in [-0.1, -0.05) is 29.8 Å². The van der Waals surface area contributed by atoms with Gasteiger partial charge in [-0.25, -0.2) is 4.98 Å². The average molecular weight is 282 g/mol. The minimum atomic E-state index is 0.0182. The Balaban J connectivity index is 1.88. The molecule has 0 bridgehead atoms. The molecule has 0 amide bonds. The molecule has 2 heterocycles. The van der Waals surface area contributed by atoms with E-state index in [9.17, 15) is 0 Å². The third-order valence-electron chi connectivity index (χ3n) is 2.73. The number of hydrogen-bond acceptors (Lipinski definition) is 4. The highest BCUT2D eigenvalue weighted by Crippen LogP contribution is 2.35. The van der Waals surface area contributed by atoms with Crippen LogP contribution in [-0.2, 0) is 0 Å².